The van der Waals surface area contributed by atoms with E-state index in [0.29, 0.717) is 0 Å². The zero-order valence-corrected chi connectivity index (χ0v) is 10.7. The molecule has 0 aliphatic heterocycles. The molecular formula is C14H23N3. The highest BCUT2D eigenvalue weighted by Gasteiger charge is 2.32. The second-order valence-electron chi connectivity index (χ2n) is 5.76. The molecule has 0 bridgehead atoms. The summed E-state index contributed by atoms with van der Waals surface area (Å²) in [6.45, 7) is 1.26. The fourth-order valence-electron chi connectivity index (χ4n) is 2.87. The lowest BCUT2D eigenvalue weighted by molar-refractivity contribution is 0.159. The van der Waals surface area contributed by atoms with Crippen molar-refractivity contribution >= 4 is 0 Å². The molecule has 0 spiro atoms. The van der Waals surface area contributed by atoms with Crippen LogP contribution in [0.15, 0.2) is 12.3 Å². The van der Waals surface area contributed by atoms with Crippen molar-refractivity contribution in [3.8, 4) is 0 Å². The summed E-state index contributed by atoms with van der Waals surface area (Å²) < 4.78 is 2.01. The Morgan fingerprint density at radius 3 is 2.71 bits per heavy atom. The summed E-state index contributed by atoms with van der Waals surface area (Å²) in [7, 11) is 2.04. The van der Waals surface area contributed by atoms with Gasteiger partial charge in [-0.05, 0) is 63.0 Å². The van der Waals surface area contributed by atoms with Gasteiger partial charge in [0.05, 0.1) is 0 Å². The predicted molar refractivity (Wildman–Crippen MR) is 68.8 cm³/mol. The van der Waals surface area contributed by atoms with Gasteiger partial charge in [-0.1, -0.05) is 0 Å². The molecule has 2 fully saturated rings. The van der Waals surface area contributed by atoms with Crippen molar-refractivity contribution in [1.29, 1.82) is 0 Å². The van der Waals surface area contributed by atoms with Crippen LogP contribution in [-0.4, -0.2) is 22.4 Å². The Balaban J connectivity index is 1.41. The Morgan fingerprint density at radius 1 is 1.29 bits per heavy atom. The largest absolute Gasteiger partial charge is 0.314 e. The maximum Gasteiger partial charge on any atom is 0.0492 e. The first kappa shape index (κ1) is 11.3. The van der Waals surface area contributed by atoms with Crippen LogP contribution in [0, 0.1) is 11.8 Å². The van der Waals surface area contributed by atoms with Gasteiger partial charge < -0.3 is 5.32 Å². The van der Waals surface area contributed by atoms with Gasteiger partial charge >= 0.3 is 0 Å². The topological polar surface area (TPSA) is 29.9 Å². The zero-order valence-electron chi connectivity index (χ0n) is 10.7. The second kappa shape index (κ2) is 4.81. The van der Waals surface area contributed by atoms with Crippen molar-refractivity contribution in [2.75, 3.05) is 6.54 Å². The maximum absolute atomic E-state index is 4.23. The average Bonchev–Trinajstić information content (AvgIpc) is 3.02. The first-order chi connectivity index (χ1) is 8.33. The summed E-state index contributed by atoms with van der Waals surface area (Å²) >= 11 is 0. The van der Waals surface area contributed by atoms with E-state index in [9.17, 15) is 0 Å². The van der Waals surface area contributed by atoms with E-state index in [4.69, 9.17) is 0 Å². The fraction of sp³-hybridized carbons (Fsp3) is 0.786. The molecule has 2 aliphatic rings. The van der Waals surface area contributed by atoms with E-state index in [1.165, 1.54) is 50.8 Å². The summed E-state index contributed by atoms with van der Waals surface area (Å²) in [4.78, 5) is 0. The van der Waals surface area contributed by atoms with Gasteiger partial charge in [-0.3, -0.25) is 4.68 Å². The van der Waals surface area contributed by atoms with Gasteiger partial charge in [-0.15, -0.1) is 0 Å². The minimum Gasteiger partial charge on any atom is -0.314 e. The quantitative estimate of drug-likeness (QED) is 0.815. The number of aromatic nitrogens is 2. The van der Waals surface area contributed by atoms with Crippen LogP contribution in [0.3, 0.4) is 0 Å². The van der Waals surface area contributed by atoms with Gasteiger partial charge in [0, 0.05) is 25.0 Å². The molecule has 0 saturated heterocycles. The minimum absolute atomic E-state index is 0.869. The molecule has 3 nitrogen and oxygen atoms in total. The number of hydrogen-bond acceptors (Lipinski definition) is 2. The smallest absolute Gasteiger partial charge is 0.0492 e. The number of nitrogens with one attached hydrogen (secondary N) is 1. The van der Waals surface area contributed by atoms with Gasteiger partial charge in [0.25, 0.3) is 0 Å². The van der Waals surface area contributed by atoms with E-state index in [1.54, 1.807) is 0 Å². The van der Waals surface area contributed by atoms with E-state index in [0.717, 1.165) is 17.9 Å². The van der Waals surface area contributed by atoms with Crippen molar-refractivity contribution in [3.63, 3.8) is 0 Å². The predicted octanol–water partition coefficient (Wildman–Crippen LogP) is 2.13. The van der Waals surface area contributed by atoms with Gasteiger partial charge in [-0.25, -0.2) is 0 Å². The second-order valence-corrected chi connectivity index (χ2v) is 5.76. The third kappa shape index (κ3) is 2.71. The highest BCUT2D eigenvalue weighted by molar-refractivity contribution is 5.01. The van der Waals surface area contributed by atoms with Crippen LogP contribution in [-0.2, 0) is 13.5 Å². The summed E-state index contributed by atoms with van der Waals surface area (Å²) in [5, 5.41) is 7.91. The molecule has 1 N–H and O–H groups in total. The Morgan fingerprint density at radius 2 is 2.12 bits per heavy atom. The lowest BCUT2D eigenvalue weighted by Gasteiger charge is -2.37. The van der Waals surface area contributed by atoms with Crippen LogP contribution >= 0.6 is 0 Å². The molecule has 3 heteroatoms. The normalized spacial score (nSPS) is 28.1. The number of rotatable bonds is 6. The van der Waals surface area contributed by atoms with Crippen LogP contribution in [0.2, 0.25) is 0 Å². The molecular weight excluding hydrogens is 210 g/mol. The molecule has 1 heterocycles. The van der Waals surface area contributed by atoms with E-state index in [2.05, 4.69) is 16.5 Å². The Labute approximate surface area is 104 Å². The summed E-state index contributed by atoms with van der Waals surface area (Å²) in [5.74, 6) is 1.90. The van der Waals surface area contributed by atoms with Crippen LogP contribution in [0.1, 0.15) is 37.8 Å². The molecule has 3 rings (SSSR count). The van der Waals surface area contributed by atoms with Crippen LogP contribution < -0.4 is 5.32 Å². The third-order valence-corrected chi connectivity index (χ3v) is 4.51. The van der Waals surface area contributed by atoms with Crippen molar-refractivity contribution in [2.45, 2.75) is 44.6 Å². The van der Waals surface area contributed by atoms with Crippen molar-refractivity contribution in [2.24, 2.45) is 18.9 Å². The van der Waals surface area contributed by atoms with Gasteiger partial charge in [0.1, 0.15) is 0 Å². The summed E-state index contributed by atoms with van der Waals surface area (Å²) in [6, 6.07) is 3.02. The Hall–Kier alpha value is -0.830. The average molecular weight is 233 g/mol. The van der Waals surface area contributed by atoms with Crippen LogP contribution in [0.25, 0.3) is 0 Å². The van der Waals surface area contributed by atoms with Crippen molar-refractivity contribution < 1.29 is 0 Å². The molecule has 2 saturated carbocycles. The molecule has 0 radical (unpaired) electrons. The van der Waals surface area contributed by atoms with Crippen LogP contribution in [0.4, 0.5) is 0 Å². The summed E-state index contributed by atoms with van der Waals surface area (Å²) in [6.07, 6.45) is 10.1. The molecule has 2 unspecified atom stereocenters. The minimum atomic E-state index is 0.869. The lowest BCUT2D eigenvalue weighted by atomic mass is 9.71. The first-order valence-electron chi connectivity index (χ1n) is 7.03. The monoisotopic (exact) mass is 233 g/mol. The third-order valence-electron chi connectivity index (χ3n) is 4.51. The van der Waals surface area contributed by atoms with Crippen molar-refractivity contribution in [1.82, 2.24) is 15.1 Å². The van der Waals surface area contributed by atoms with E-state index < -0.39 is 0 Å². The number of nitrogens with zero attached hydrogens (tertiary/aromatic N) is 2. The molecule has 1 aromatic rings. The molecule has 0 amide bonds. The number of aryl methyl sites for hydroxylation is 2. The van der Waals surface area contributed by atoms with Crippen LogP contribution in [0.5, 0.6) is 0 Å². The first-order valence-corrected chi connectivity index (χ1v) is 7.03. The number of hydrogen-bond donors (Lipinski definition) is 1. The standard InChI is InChI=1S/C14H23N3/c1-17-14(8-9-16-17)7-4-11-2-3-12(11)10-15-13-5-6-13/h8-9,11-13,15H,2-7,10H2,1H3. The molecule has 2 aliphatic carbocycles. The maximum atomic E-state index is 4.23. The molecule has 94 valence electrons. The molecule has 0 aromatic carbocycles. The SMILES string of the molecule is Cn1nccc1CCC1CCC1CNC1CC1. The van der Waals surface area contributed by atoms with E-state index in [1.807, 2.05) is 17.9 Å². The zero-order chi connectivity index (χ0) is 11.7. The fourth-order valence-corrected chi connectivity index (χ4v) is 2.87. The van der Waals surface area contributed by atoms with Gasteiger partial charge in [0.15, 0.2) is 0 Å². The molecule has 1 aromatic heterocycles. The molecule has 2 atom stereocenters. The van der Waals surface area contributed by atoms with Gasteiger partial charge in [0.2, 0.25) is 0 Å². The van der Waals surface area contributed by atoms with E-state index in [-0.39, 0.29) is 0 Å². The van der Waals surface area contributed by atoms with Crippen molar-refractivity contribution in [3.05, 3.63) is 18.0 Å². The highest BCUT2D eigenvalue weighted by atomic mass is 15.2. The Kier molecular flexibility index (Phi) is 3.19. The summed E-state index contributed by atoms with van der Waals surface area (Å²) in [5.41, 5.74) is 1.38. The lowest BCUT2D eigenvalue weighted by Crippen LogP contribution is -2.36. The molecule has 17 heavy (non-hydrogen) atoms. The van der Waals surface area contributed by atoms with E-state index >= 15 is 0 Å². The Bertz CT molecular complexity index is 367. The highest BCUT2D eigenvalue weighted by Crippen LogP contribution is 2.37. The van der Waals surface area contributed by atoms with Gasteiger partial charge in [-0.2, -0.15) is 5.10 Å².